The molecule has 4 heteroatoms. The van der Waals surface area contributed by atoms with Gasteiger partial charge in [-0.15, -0.1) is 11.6 Å². The number of rotatable bonds is 2. The van der Waals surface area contributed by atoms with Gasteiger partial charge in [0.15, 0.2) is 0 Å². The molecule has 0 aliphatic heterocycles. The first-order chi connectivity index (χ1) is 3.48. The topological polar surface area (TPSA) is 0 Å². The summed E-state index contributed by atoms with van der Waals surface area (Å²) in [4.78, 5) is -2.91. The van der Waals surface area contributed by atoms with Crippen molar-refractivity contribution in [3.63, 3.8) is 0 Å². The lowest BCUT2D eigenvalue weighted by Gasteiger charge is -2.11. The van der Waals surface area contributed by atoms with Crippen molar-refractivity contribution in [2.24, 2.45) is 0 Å². The molecule has 0 saturated carbocycles. The van der Waals surface area contributed by atoms with E-state index in [2.05, 4.69) is 15.9 Å². The number of hydrogen-bond donors (Lipinski definition) is 0. The zero-order chi connectivity index (χ0) is 6.78. The summed E-state index contributed by atoms with van der Waals surface area (Å²) in [5.41, 5.74) is 0. The lowest BCUT2D eigenvalue weighted by Crippen LogP contribution is -2.19. The Morgan fingerprint density at radius 1 is 1.75 bits per heavy atom. The van der Waals surface area contributed by atoms with Crippen LogP contribution in [0.1, 0.15) is 13.3 Å². The van der Waals surface area contributed by atoms with E-state index in [4.69, 9.17) is 11.6 Å². The fourth-order valence-corrected chi connectivity index (χ4v) is 0.555. The first-order valence-corrected chi connectivity index (χ1v) is 3.42. The molecule has 50 valence electrons. The second-order valence-corrected chi connectivity index (χ2v) is 3.00. The predicted molar refractivity (Wildman–Crippen MR) is 33.8 cm³/mol. The van der Waals surface area contributed by atoms with Gasteiger partial charge in [-0.05, 0) is 22.4 Å². The van der Waals surface area contributed by atoms with Crippen LogP contribution in [-0.2, 0) is 0 Å². The lowest BCUT2D eigenvalue weighted by atomic mass is 10.3. The molecule has 0 amide bonds. The highest BCUT2D eigenvalue weighted by Gasteiger charge is 2.32. The van der Waals surface area contributed by atoms with Crippen LogP contribution in [0.3, 0.4) is 0 Å². The van der Waals surface area contributed by atoms with Gasteiger partial charge in [-0.25, -0.2) is 0 Å². The summed E-state index contributed by atoms with van der Waals surface area (Å²) < 4.78 is 23.8. The number of halogens is 4. The van der Waals surface area contributed by atoms with Crippen molar-refractivity contribution < 1.29 is 8.78 Å². The average Bonchev–Trinajstić information content (AvgIpc) is 1.62. The Morgan fingerprint density at radius 2 is 2.12 bits per heavy atom. The van der Waals surface area contributed by atoms with Crippen LogP contribution in [0, 0.1) is 0 Å². The molecule has 1 unspecified atom stereocenters. The van der Waals surface area contributed by atoms with Crippen molar-refractivity contribution in [2.45, 2.75) is 23.6 Å². The van der Waals surface area contributed by atoms with Crippen LogP contribution in [0.5, 0.6) is 0 Å². The van der Waals surface area contributed by atoms with E-state index in [0.29, 0.717) is 0 Å². The van der Waals surface area contributed by atoms with Crippen molar-refractivity contribution in [1.29, 1.82) is 0 Å². The Labute approximate surface area is 60.3 Å². The van der Waals surface area contributed by atoms with Gasteiger partial charge in [0.05, 0.1) is 0 Å². The summed E-state index contributed by atoms with van der Waals surface area (Å²) in [6, 6.07) is 0. The minimum Gasteiger partial charge on any atom is -0.192 e. The van der Waals surface area contributed by atoms with Crippen LogP contribution in [0.4, 0.5) is 8.78 Å². The van der Waals surface area contributed by atoms with Gasteiger partial charge in [-0.2, -0.15) is 8.78 Å². The van der Waals surface area contributed by atoms with E-state index >= 15 is 0 Å². The van der Waals surface area contributed by atoms with Crippen molar-refractivity contribution in [2.75, 3.05) is 0 Å². The summed E-state index contributed by atoms with van der Waals surface area (Å²) in [7, 11) is 0. The highest BCUT2D eigenvalue weighted by molar-refractivity contribution is 9.10. The van der Waals surface area contributed by atoms with Crippen molar-refractivity contribution >= 4 is 27.5 Å². The molecule has 0 nitrogen and oxygen atoms in total. The molecule has 0 bridgehead atoms. The van der Waals surface area contributed by atoms with Gasteiger partial charge in [0.25, 0.3) is 0 Å². The van der Waals surface area contributed by atoms with Gasteiger partial charge in [0.1, 0.15) is 5.38 Å². The first kappa shape index (κ1) is 8.63. The largest absolute Gasteiger partial charge is 0.317 e. The zero-order valence-electron chi connectivity index (χ0n) is 4.30. The second kappa shape index (κ2) is 2.97. The molecule has 0 aromatic heterocycles. The highest BCUT2D eigenvalue weighted by atomic mass is 79.9. The third-order valence-electron chi connectivity index (χ3n) is 0.714. The average molecular weight is 207 g/mol. The summed E-state index contributed by atoms with van der Waals surface area (Å²) >= 11 is 7.28. The third-order valence-corrected chi connectivity index (χ3v) is 2.11. The molecule has 0 saturated heterocycles. The normalized spacial score (nSPS) is 16.1. The van der Waals surface area contributed by atoms with Crippen molar-refractivity contribution in [3.05, 3.63) is 0 Å². The number of alkyl halides is 4. The molecule has 0 aliphatic carbocycles. The maximum absolute atomic E-state index is 11.9. The Hall–Kier alpha value is 0.630. The van der Waals surface area contributed by atoms with Crippen LogP contribution in [0.25, 0.3) is 0 Å². The fourth-order valence-electron chi connectivity index (χ4n) is 0.231. The molecule has 0 N–H and O–H groups in total. The van der Waals surface area contributed by atoms with Crippen LogP contribution in [0.15, 0.2) is 0 Å². The van der Waals surface area contributed by atoms with E-state index in [-0.39, 0.29) is 6.42 Å². The predicted octanol–water partition coefficient (Wildman–Crippen LogP) is 2.99. The van der Waals surface area contributed by atoms with Crippen LogP contribution in [-0.4, -0.2) is 10.2 Å². The van der Waals surface area contributed by atoms with E-state index in [9.17, 15) is 8.78 Å². The van der Waals surface area contributed by atoms with E-state index in [1.165, 1.54) is 0 Å². The maximum atomic E-state index is 11.9. The molecule has 0 fully saturated rings. The minimum absolute atomic E-state index is 0.264. The molecule has 1 atom stereocenters. The Morgan fingerprint density at radius 3 is 2.12 bits per heavy atom. The van der Waals surface area contributed by atoms with E-state index in [0.717, 1.165) is 0 Å². The molecule has 8 heavy (non-hydrogen) atoms. The summed E-state index contributed by atoms with van der Waals surface area (Å²) in [5, 5.41) is -1.09. The quantitative estimate of drug-likeness (QED) is 0.611. The lowest BCUT2D eigenvalue weighted by molar-refractivity contribution is 0.108. The molecular formula is C4H6BrClF2. The molecule has 0 radical (unpaired) electrons. The summed E-state index contributed by atoms with van der Waals surface area (Å²) in [6.45, 7) is 1.60. The number of hydrogen-bond acceptors (Lipinski definition) is 0. The van der Waals surface area contributed by atoms with E-state index in [1.54, 1.807) is 6.92 Å². The fraction of sp³-hybridized carbons (Fsp3) is 1.00. The van der Waals surface area contributed by atoms with Crippen LogP contribution < -0.4 is 0 Å². The van der Waals surface area contributed by atoms with Gasteiger partial charge in [0, 0.05) is 0 Å². The molecule has 0 aromatic rings. The van der Waals surface area contributed by atoms with Crippen molar-refractivity contribution in [3.8, 4) is 0 Å². The summed E-state index contributed by atoms with van der Waals surface area (Å²) in [6.07, 6.45) is 0.264. The molecule has 0 heterocycles. The van der Waals surface area contributed by atoms with Crippen LogP contribution >= 0.6 is 27.5 Å². The standard InChI is InChI=1S/C4H6BrClF2/c1-2-3(6)4(5,7)8/h3H,2H2,1H3. The van der Waals surface area contributed by atoms with Gasteiger partial charge >= 0.3 is 4.83 Å². The molecule has 0 spiro atoms. The summed E-state index contributed by atoms with van der Waals surface area (Å²) in [5.74, 6) is 0. The van der Waals surface area contributed by atoms with Gasteiger partial charge in [0.2, 0.25) is 0 Å². The Balaban J connectivity index is 3.62. The molecule has 0 aromatic carbocycles. The first-order valence-electron chi connectivity index (χ1n) is 2.19. The van der Waals surface area contributed by atoms with Crippen molar-refractivity contribution in [1.82, 2.24) is 0 Å². The monoisotopic (exact) mass is 206 g/mol. The SMILES string of the molecule is CCC(Cl)C(F)(F)Br. The maximum Gasteiger partial charge on any atom is 0.317 e. The highest BCUT2D eigenvalue weighted by Crippen LogP contribution is 2.31. The van der Waals surface area contributed by atoms with Gasteiger partial charge < -0.3 is 0 Å². The van der Waals surface area contributed by atoms with E-state index in [1.807, 2.05) is 0 Å². The molecule has 0 rings (SSSR count). The van der Waals surface area contributed by atoms with Gasteiger partial charge in [-0.3, -0.25) is 0 Å². The Kier molecular flexibility index (Phi) is 3.20. The Bertz CT molecular complexity index is 70.9. The molecular weight excluding hydrogens is 201 g/mol. The zero-order valence-corrected chi connectivity index (χ0v) is 6.64. The third kappa shape index (κ3) is 2.82. The smallest absolute Gasteiger partial charge is 0.192 e. The van der Waals surface area contributed by atoms with Gasteiger partial charge in [-0.1, -0.05) is 6.92 Å². The minimum atomic E-state index is -2.91. The van der Waals surface area contributed by atoms with Crippen LogP contribution in [0.2, 0.25) is 0 Å². The van der Waals surface area contributed by atoms with E-state index < -0.39 is 10.2 Å². The second-order valence-electron chi connectivity index (χ2n) is 1.42. The molecule has 0 aliphatic rings.